The third-order valence-corrected chi connectivity index (χ3v) is 16.3. The summed E-state index contributed by atoms with van der Waals surface area (Å²) in [4.78, 5) is 3.62. The fraction of sp³-hybridized carbons (Fsp3) is 0.250. The molecule has 3 aliphatic carbocycles. The van der Waals surface area contributed by atoms with Crippen molar-refractivity contribution in [1.29, 1.82) is 0 Å². The number of hydrogen-bond acceptors (Lipinski definition) is 2. The lowest BCUT2D eigenvalue weighted by molar-refractivity contribution is 0.332. The third kappa shape index (κ3) is 6.20. The Labute approximate surface area is 399 Å². The zero-order valence-electron chi connectivity index (χ0n) is 39.9. The Morgan fingerprint density at radius 2 is 1.15 bits per heavy atom. The van der Waals surface area contributed by atoms with Crippen molar-refractivity contribution in [3.8, 4) is 33.4 Å². The van der Waals surface area contributed by atoms with Crippen LogP contribution in [0.5, 0.6) is 0 Å². The number of thiol groups is 1. The van der Waals surface area contributed by atoms with Crippen LogP contribution in [0.1, 0.15) is 130 Å². The average molecular weight is 876 g/mol. The van der Waals surface area contributed by atoms with Gasteiger partial charge in [0.1, 0.15) is 0 Å². The highest BCUT2D eigenvalue weighted by Gasteiger charge is 2.47. The van der Waals surface area contributed by atoms with E-state index in [0.717, 1.165) is 35.4 Å². The molecular weight excluding hydrogens is 815 g/mol. The largest absolute Gasteiger partial charge is 0.309 e. The van der Waals surface area contributed by atoms with Gasteiger partial charge < -0.3 is 4.90 Å². The maximum Gasteiger partial charge on any atom is 0.0644 e. The van der Waals surface area contributed by atoms with Crippen molar-refractivity contribution in [3.63, 3.8) is 0 Å². The Bertz CT molecular complexity index is 3210. The van der Waals surface area contributed by atoms with Gasteiger partial charge in [0.25, 0.3) is 0 Å². The van der Waals surface area contributed by atoms with Gasteiger partial charge in [-0.25, -0.2) is 0 Å². The standard InChI is InChI=1S/C64H61NS/c1-9-10-11-12-22-34-64(42-24-14-13-15-25-42)50-31-20-17-27-45(50)58-56-39-48-43-26-16-19-30-49(43)63(7,8)60(48)59(58)44-29-23-32-51(64)47(44)38-55(46-28-18-21-33-57(46)66)65(56)54-40-53-52(37-41(54)2)61(3,4)35-36-62(53,5)6/h9-10,13-34,37-40,66H,11-12,35-36H2,1-8H3/b10-9-,34-22+,55-38-. The summed E-state index contributed by atoms with van der Waals surface area (Å²) in [5.41, 5.74) is 23.7. The molecule has 66 heavy (non-hydrogen) atoms. The van der Waals surface area contributed by atoms with Gasteiger partial charge in [-0.2, -0.15) is 0 Å². The minimum Gasteiger partial charge on any atom is -0.309 e. The molecule has 0 saturated heterocycles. The van der Waals surface area contributed by atoms with Crippen LogP contribution in [0.25, 0.3) is 45.2 Å². The maximum atomic E-state index is 5.33. The van der Waals surface area contributed by atoms with Gasteiger partial charge in [0.15, 0.2) is 0 Å². The highest BCUT2D eigenvalue weighted by Crippen LogP contribution is 2.63. The molecule has 11 rings (SSSR count). The SMILES string of the molecule is C/C=C\CC/C=C/C1(c2ccccc2)c2ccccc2-c2c3cc4c(c2-c2cccc1c2/C=C(/c1ccccc1S)N3c1cc2c(cc1C)C(C)(C)CCC2(C)C)C(C)(C)c1ccccc1-4. The zero-order chi connectivity index (χ0) is 45.8. The van der Waals surface area contributed by atoms with Crippen LogP contribution in [-0.4, -0.2) is 0 Å². The number of unbranched alkanes of at least 4 members (excludes halogenated alkanes) is 1. The second kappa shape index (κ2) is 15.5. The molecule has 1 aliphatic heterocycles. The highest BCUT2D eigenvalue weighted by atomic mass is 32.1. The van der Waals surface area contributed by atoms with Crippen LogP contribution in [0, 0.1) is 6.92 Å². The van der Waals surface area contributed by atoms with Crippen molar-refractivity contribution in [2.24, 2.45) is 0 Å². The summed E-state index contributed by atoms with van der Waals surface area (Å²) in [6.45, 7) is 19.2. The summed E-state index contributed by atoms with van der Waals surface area (Å²) in [6.07, 6.45) is 16.2. The van der Waals surface area contributed by atoms with Gasteiger partial charge in [-0.3, -0.25) is 0 Å². The van der Waals surface area contributed by atoms with Crippen molar-refractivity contribution in [2.75, 3.05) is 4.90 Å². The molecule has 4 aliphatic rings. The van der Waals surface area contributed by atoms with E-state index >= 15 is 0 Å². The zero-order valence-corrected chi connectivity index (χ0v) is 40.8. The van der Waals surface area contributed by atoms with Gasteiger partial charge in [0, 0.05) is 27.1 Å². The first kappa shape index (κ1) is 42.5. The molecular formula is C64H61NS. The number of benzene rings is 7. The van der Waals surface area contributed by atoms with Crippen LogP contribution in [0.2, 0.25) is 0 Å². The lowest BCUT2D eigenvalue weighted by Crippen LogP contribution is -2.34. The number of rotatable bonds is 7. The van der Waals surface area contributed by atoms with Crippen LogP contribution < -0.4 is 4.90 Å². The summed E-state index contributed by atoms with van der Waals surface area (Å²) >= 11 is 5.33. The van der Waals surface area contributed by atoms with Gasteiger partial charge >= 0.3 is 0 Å². The second-order valence-electron chi connectivity index (χ2n) is 21.1. The first-order chi connectivity index (χ1) is 31.8. The molecule has 1 unspecified atom stereocenters. The molecule has 6 bridgehead atoms. The van der Waals surface area contributed by atoms with E-state index < -0.39 is 5.41 Å². The fourth-order valence-electron chi connectivity index (χ4n) is 12.5. The van der Waals surface area contributed by atoms with E-state index in [1.54, 1.807) is 0 Å². The number of anilines is 2. The first-order valence-corrected chi connectivity index (χ1v) is 24.6. The molecule has 1 atom stereocenters. The van der Waals surface area contributed by atoms with Gasteiger partial charge in [-0.15, -0.1) is 12.6 Å². The van der Waals surface area contributed by atoms with E-state index in [1.165, 1.54) is 101 Å². The van der Waals surface area contributed by atoms with Crippen LogP contribution in [0.3, 0.4) is 0 Å². The molecule has 0 saturated carbocycles. The lowest BCUT2D eigenvalue weighted by Gasteiger charge is -2.45. The number of nitrogens with zero attached hydrogens (tertiary/aromatic N) is 1. The Balaban J connectivity index is 1.38. The van der Waals surface area contributed by atoms with Crippen molar-refractivity contribution in [1.82, 2.24) is 0 Å². The van der Waals surface area contributed by atoms with E-state index in [0.29, 0.717) is 0 Å². The smallest absolute Gasteiger partial charge is 0.0644 e. The molecule has 7 aromatic rings. The summed E-state index contributed by atoms with van der Waals surface area (Å²) in [7, 11) is 0. The molecule has 1 nitrogen and oxygen atoms in total. The Morgan fingerprint density at radius 1 is 0.545 bits per heavy atom. The summed E-state index contributed by atoms with van der Waals surface area (Å²) in [5, 5.41) is 0. The molecule has 328 valence electrons. The number of allylic oxidation sites excluding steroid dienone is 4. The number of aryl methyl sites for hydroxylation is 1. The topological polar surface area (TPSA) is 3.24 Å². The third-order valence-electron chi connectivity index (χ3n) is 15.9. The molecule has 0 amide bonds. The van der Waals surface area contributed by atoms with Gasteiger partial charge in [0.2, 0.25) is 0 Å². The Morgan fingerprint density at radius 3 is 1.88 bits per heavy atom. The van der Waals surface area contributed by atoms with E-state index in [4.69, 9.17) is 12.6 Å². The molecule has 7 aromatic carbocycles. The minimum atomic E-state index is -0.618. The monoisotopic (exact) mass is 875 g/mol. The van der Waals surface area contributed by atoms with Crippen molar-refractivity contribution >= 4 is 35.8 Å². The van der Waals surface area contributed by atoms with Crippen molar-refractivity contribution < 1.29 is 0 Å². The van der Waals surface area contributed by atoms with Crippen molar-refractivity contribution in [3.05, 3.63) is 219 Å². The summed E-state index contributed by atoms with van der Waals surface area (Å²) in [6, 6.07) is 53.5. The second-order valence-corrected chi connectivity index (χ2v) is 21.6. The predicted octanol–water partition coefficient (Wildman–Crippen LogP) is 17.5. The maximum absolute atomic E-state index is 5.33. The van der Waals surface area contributed by atoms with E-state index in [-0.39, 0.29) is 16.2 Å². The van der Waals surface area contributed by atoms with Crippen LogP contribution >= 0.6 is 12.6 Å². The Kier molecular flexibility index (Phi) is 9.99. The lowest BCUT2D eigenvalue weighted by atomic mass is 9.62. The van der Waals surface area contributed by atoms with Gasteiger partial charge in [-0.1, -0.05) is 187 Å². The van der Waals surface area contributed by atoms with E-state index in [1.807, 2.05) is 0 Å². The minimum absolute atomic E-state index is 0.0165. The highest BCUT2D eigenvalue weighted by molar-refractivity contribution is 7.80. The van der Waals surface area contributed by atoms with Gasteiger partial charge in [-0.05, 0) is 153 Å². The first-order valence-electron chi connectivity index (χ1n) is 24.1. The van der Waals surface area contributed by atoms with E-state index in [9.17, 15) is 0 Å². The average Bonchev–Trinajstić information content (AvgIpc) is 3.54. The number of fused-ring (bicyclic) bond motifs is 5. The predicted molar refractivity (Wildman–Crippen MR) is 285 cm³/mol. The Hall–Kier alpha value is -6.09. The summed E-state index contributed by atoms with van der Waals surface area (Å²) in [5.74, 6) is 0. The van der Waals surface area contributed by atoms with Crippen molar-refractivity contribution in [2.45, 2.75) is 108 Å². The van der Waals surface area contributed by atoms with E-state index in [2.05, 4.69) is 230 Å². The molecule has 0 aromatic heterocycles. The fourth-order valence-corrected chi connectivity index (χ4v) is 12.7. The molecule has 0 spiro atoms. The van der Waals surface area contributed by atoms with Crippen LogP contribution in [0.4, 0.5) is 11.4 Å². The molecule has 2 heteroatoms. The van der Waals surface area contributed by atoms with Crippen LogP contribution in [-0.2, 0) is 21.7 Å². The van der Waals surface area contributed by atoms with Gasteiger partial charge in [0.05, 0.1) is 16.8 Å². The molecule has 0 radical (unpaired) electrons. The summed E-state index contributed by atoms with van der Waals surface area (Å²) < 4.78 is 0. The van der Waals surface area contributed by atoms with Crippen LogP contribution in [0.15, 0.2) is 169 Å². The quantitative estimate of drug-likeness (QED) is 0.0949. The molecule has 0 fully saturated rings. The number of hydrogen-bond donors (Lipinski definition) is 1. The molecule has 0 N–H and O–H groups in total. The normalized spacial score (nSPS) is 19.8. The molecule has 1 heterocycles.